The molecular weight excluding hydrogens is 294 g/mol. The number of urea groups is 1. The molecule has 2 rings (SSSR count). The number of piperazine rings is 1. The quantitative estimate of drug-likeness (QED) is 0.847. The van der Waals surface area contributed by atoms with Crippen molar-refractivity contribution in [2.45, 2.75) is 19.8 Å². The van der Waals surface area contributed by atoms with E-state index >= 15 is 0 Å². The van der Waals surface area contributed by atoms with Crippen LogP contribution in [0, 0.1) is 0 Å². The van der Waals surface area contributed by atoms with E-state index in [9.17, 15) is 9.59 Å². The van der Waals surface area contributed by atoms with Gasteiger partial charge in [0.25, 0.3) is 0 Å². The second-order valence-corrected chi connectivity index (χ2v) is 5.65. The highest BCUT2D eigenvalue weighted by atomic mass is 16.5. The van der Waals surface area contributed by atoms with E-state index in [1.807, 2.05) is 0 Å². The first-order valence-corrected chi connectivity index (χ1v) is 8.11. The van der Waals surface area contributed by atoms with Gasteiger partial charge in [-0.1, -0.05) is 25.5 Å². The van der Waals surface area contributed by atoms with Gasteiger partial charge in [-0.15, -0.1) is 0 Å². The summed E-state index contributed by atoms with van der Waals surface area (Å²) in [5.74, 6) is -0.453. The average molecular weight is 319 g/mol. The van der Waals surface area contributed by atoms with E-state index in [2.05, 4.69) is 17.1 Å². The van der Waals surface area contributed by atoms with Gasteiger partial charge in [-0.25, -0.2) is 9.59 Å². The molecule has 23 heavy (non-hydrogen) atoms. The van der Waals surface area contributed by atoms with Crippen molar-refractivity contribution in [3.8, 4) is 0 Å². The largest absolute Gasteiger partial charge is 0.465 e. The number of nitrogens with one attached hydrogen (secondary N) is 1. The van der Waals surface area contributed by atoms with E-state index in [1.165, 1.54) is 20.0 Å². The zero-order chi connectivity index (χ0) is 16.7. The van der Waals surface area contributed by atoms with Crippen LogP contribution in [0.1, 0.15) is 30.1 Å². The molecule has 1 heterocycles. The second-order valence-electron chi connectivity index (χ2n) is 5.65. The van der Waals surface area contributed by atoms with Crippen LogP contribution in [0.3, 0.4) is 0 Å². The Balaban J connectivity index is 1.92. The van der Waals surface area contributed by atoms with Crippen molar-refractivity contribution in [3.63, 3.8) is 0 Å². The van der Waals surface area contributed by atoms with Crippen molar-refractivity contribution in [3.05, 3.63) is 29.8 Å². The highest BCUT2D eigenvalue weighted by Crippen LogP contribution is 2.17. The van der Waals surface area contributed by atoms with E-state index < -0.39 is 5.97 Å². The number of carbonyl (C=O) groups is 2. The number of amides is 2. The predicted molar refractivity (Wildman–Crippen MR) is 89.7 cm³/mol. The average Bonchev–Trinajstić information content (AvgIpc) is 2.60. The number of ether oxygens (including phenoxy) is 1. The fraction of sp³-hybridized carbons (Fsp3) is 0.529. The first-order chi connectivity index (χ1) is 11.2. The summed E-state index contributed by atoms with van der Waals surface area (Å²) < 4.78 is 4.75. The number of esters is 1. The lowest BCUT2D eigenvalue weighted by Crippen LogP contribution is -2.50. The number of rotatable bonds is 5. The first-order valence-electron chi connectivity index (χ1n) is 8.11. The van der Waals surface area contributed by atoms with Gasteiger partial charge < -0.3 is 15.0 Å². The standard InChI is InChI=1S/C17H25N3O3/c1-3-4-9-19-10-12-20(13-11-19)17(22)18-15-8-6-5-7-14(15)16(21)23-2/h5-8H,3-4,9-13H2,1-2H3,(H,18,22). The Morgan fingerprint density at radius 2 is 1.87 bits per heavy atom. The molecular formula is C17H25N3O3. The molecule has 0 spiro atoms. The van der Waals surface area contributed by atoms with Crippen molar-refractivity contribution in [2.24, 2.45) is 0 Å². The summed E-state index contributed by atoms with van der Waals surface area (Å²) in [5.41, 5.74) is 0.850. The van der Waals surface area contributed by atoms with Gasteiger partial charge in [0.15, 0.2) is 0 Å². The van der Waals surface area contributed by atoms with Crippen LogP contribution in [-0.4, -0.2) is 61.6 Å². The van der Waals surface area contributed by atoms with Crippen LogP contribution in [0.25, 0.3) is 0 Å². The van der Waals surface area contributed by atoms with Crippen LogP contribution in [0.15, 0.2) is 24.3 Å². The van der Waals surface area contributed by atoms with E-state index in [-0.39, 0.29) is 6.03 Å². The number of hydrogen-bond donors (Lipinski definition) is 1. The summed E-state index contributed by atoms with van der Waals surface area (Å²) >= 11 is 0. The Bertz CT molecular complexity index is 540. The molecule has 0 aromatic heterocycles. The maximum Gasteiger partial charge on any atom is 0.339 e. The molecule has 1 N–H and O–H groups in total. The van der Waals surface area contributed by atoms with Crippen molar-refractivity contribution < 1.29 is 14.3 Å². The normalized spacial score (nSPS) is 15.3. The van der Waals surface area contributed by atoms with Gasteiger partial charge in [0, 0.05) is 26.2 Å². The third kappa shape index (κ3) is 4.69. The highest BCUT2D eigenvalue weighted by Gasteiger charge is 2.22. The molecule has 1 aromatic carbocycles. The number of anilines is 1. The predicted octanol–water partition coefficient (Wildman–Crippen LogP) is 2.42. The zero-order valence-electron chi connectivity index (χ0n) is 13.9. The number of para-hydroxylation sites is 1. The van der Waals surface area contributed by atoms with Crippen LogP contribution in [-0.2, 0) is 4.74 Å². The molecule has 6 heteroatoms. The molecule has 1 fully saturated rings. The van der Waals surface area contributed by atoms with E-state index in [1.54, 1.807) is 29.2 Å². The Hall–Kier alpha value is -2.08. The molecule has 1 aromatic rings. The topological polar surface area (TPSA) is 61.9 Å². The number of methoxy groups -OCH3 is 1. The molecule has 0 aliphatic carbocycles. The van der Waals surface area contributed by atoms with Crippen LogP contribution >= 0.6 is 0 Å². The third-order valence-electron chi connectivity index (χ3n) is 4.06. The summed E-state index contributed by atoms with van der Waals surface area (Å²) in [6, 6.07) is 6.71. The number of nitrogens with zero attached hydrogens (tertiary/aromatic N) is 2. The van der Waals surface area contributed by atoms with Gasteiger partial charge in [-0.3, -0.25) is 4.90 Å². The van der Waals surface area contributed by atoms with Crippen molar-refractivity contribution in [1.82, 2.24) is 9.80 Å². The molecule has 1 saturated heterocycles. The molecule has 0 saturated carbocycles. The van der Waals surface area contributed by atoms with Crippen molar-refractivity contribution in [1.29, 1.82) is 0 Å². The van der Waals surface area contributed by atoms with Gasteiger partial charge in [-0.2, -0.15) is 0 Å². The minimum atomic E-state index is -0.453. The minimum Gasteiger partial charge on any atom is -0.465 e. The molecule has 1 aliphatic heterocycles. The van der Waals surface area contributed by atoms with Gasteiger partial charge in [0.2, 0.25) is 0 Å². The number of hydrogen-bond acceptors (Lipinski definition) is 4. The van der Waals surface area contributed by atoms with Crippen LogP contribution in [0.4, 0.5) is 10.5 Å². The lowest BCUT2D eigenvalue weighted by atomic mass is 10.2. The summed E-state index contributed by atoms with van der Waals surface area (Å²) in [6.45, 7) is 6.48. The molecule has 6 nitrogen and oxygen atoms in total. The van der Waals surface area contributed by atoms with Gasteiger partial charge in [-0.05, 0) is 25.1 Å². The minimum absolute atomic E-state index is 0.170. The summed E-state index contributed by atoms with van der Waals surface area (Å²) in [7, 11) is 1.33. The van der Waals surface area contributed by atoms with E-state index in [0.29, 0.717) is 24.3 Å². The smallest absolute Gasteiger partial charge is 0.339 e. The van der Waals surface area contributed by atoms with Crippen molar-refractivity contribution in [2.75, 3.05) is 45.2 Å². The van der Waals surface area contributed by atoms with E-state index in [4.69, 9.17) is 4.74 Å². The third-order valence-corrected chi connectivity index (χ3v) is 4.06. The highest BCUT2D eigenvalue weighted by molar-refractivity contribution is 6.00. The summed E-state index contributed by atoms with van der Waals surface area (Å²) in [4.78, 5) is 28.3. The Morgan fingerprint density at radius 1 is 1.17 bits per heavy atom. The Kier molecular flexibility index (Phi) is 6.40. The Morgan fingerprint density at radius 3 is 2.52 bits per heavy atom. The summed E-state index contributed by atoms with van der Waals surface area (Å²) in [6.07, 6.45) is 2.38. The van der Waals surface area contributed by atoms with E-state index in [0.717, 1.165) is 19.6 Å². The zero-order valence-corrected chi connectivity index (χ0v) is 13.9. The SMILES string of the molecule is CCCCN1CCN(C(=O)Nc2ccccc2C(=O)OC)CC1. The molecule has 1 aliphatic rings. The Labute approximate surface area is 137 Å². The van der Waals surface area contributed by atoms with Crippen LogP contribution in [0.2, 0.25) is 0 Å². The molecule has 0 atom stereocenters. The lowest BCUT2D eigenvalue weighted by molar-refractivity contribution is 0.0602. The molecule has 126 valence electrons. The molecule has 0 bridgehead atoms. The number of carbonyl (C=O) groups excluding carboxylic acids is 2. The lowest BCUT2D eigenvalue weighted by Gasteiger charge is -2.34. The molecule has 2 amide bonds. The van der Waals surface area contributed by atoms with Crippen LogP contribution in [0.5, 0.6) is 0 Å². The number of benzene rings is 1. The van der Waals surface area contributed by atoms with Crippen LogP contribution < -0.4 is 5.32 Å². The van der Waals surface area contributed by atoms with Gasteiger partial charge in [0.1, 0.15) is 0 Å². The van der Waals surface area contributed by atoms with Gasteiger partial charge in [0.05, 0.1) is 18.4 Å². The fourth-order valence-electron chi connectivity index (χ4n) is 2.63. The molecule has 0 radical (unpaired) electrons. The monoisotopic (exact) mass is 319 g/mol. The molecule has 0 unspecified atom stereocenters. The fourth-order valence-corrected chi connectivity index (χ4v) is 2.63. The number of unbranched alkanes of at least 4 members (excludes halogenated alkanes) is 1. The van der Waals surface area contributed by atoms with Crippen molar-refractivity contribution >= 4 is 17.7 Å². The first kappa shape index (κ1) is 17.3. The maximum absolute atomic E-state index is 12.4. The summed E-state index contributed by atoms with van der Waals surface area (Å²) in [5, 5.41) is 2.82. The maximum atomic E-state index is 12.4. The second kappa shape index (κ2) is 8.53. The van der Waals surface area contributed by atoms with Gasteiger partial charge >= 0.3 is 12.0 Å².